The van der Waals surface area contributed by atoms with E-state index in [4.69, 9.17) is 0 Å². The molecule has 0 spiro atoms. The standard InChI is InChI=1S/C14H15NS/c1-10-9-11(5-7-15-10)12-3-2-4-14-13(12)6-8-16-14/h2-6,8,10,15H,7,9H2,1H3. The Hall–Kier alpha value is -1.12. The maximum Gasteiger partial charge on any atom is 0.0348 e. The molecule has 0 radical (unpaired) electrons. The average Bonchev–Trinajstić information content (AvgIpc) is 2.76. The number of fused-ring (bicyclic) bond motifs is 1. The lowest BCUT2D eigenvalue weighted by atomic mass is 9.94. The van der Waals surface area contributed by atoms with E-state index in [0.717, 1.165) is 13.0 Å². The van der Waals surface area contributed by atoms with Crippen molar-refractivity contribution in [1.29, 1.82) is 0 Å². The fourth-order valence-electron chi connectivity index (χ4n) is 2.36. The summed E-state index contributed by atoms with van der Waals surface area (Å²) in [5, 5.41) is 7.04. The van der Waals surface area contributed by atoms with Crippen molar-refractivity contribution in [1.82, 2.24) is 5.32 Å². The third-order valence-corrected chi connectivity index (χ3v) is 4.06. The summed E-state index contributed by atoms with van der Waals surface area (Å²) in [5.74, 6) is 0. The molecule has 0 aliphatic carbocycles. The Morgan fingerprint density at radius 3 is 3.12 bits per heavy atom. The van der Waals surface area contributed by atoms with Gasteiger partial charge in [-0.15, -0.1) is 11.3 Å². The molecule has 3 rings (SSSR count). The summed E-state index contributed by atoms with van der Waals surface area (Å²) in [7, 11) is 0. The molecule has 0 fully saturated rings. The topological polar surface area (TPSA) is 12.0 Å². The van der Waals surface area contributed by atoms with Crippen LogP contribution in [0.15, 0.2) is 35.7 Å². The molecule has 0 bridgehead atoms. The lowest BCUT2D eigenvalue weighted by Gasteiger charge is -2.21. The summed E-state index contributed by atoms with van der Waals surface area (Å²) in [6.45, 7) is 3.25. The van der Waals surface area contributed by atoms with Crippen molar-refractivity contribution in [2.75, 3.05) is 6.54 Å². The van der Waals surface area contributed by atoms with Crippen LogP contribution in [-0.4, -0.2) is 12.6 Å². The normalized spacial score (nSPS) is 21.1. The van der Waals surface area contributed by atoms with E-state index < -0.39 is 0 Å². The van der Waals surface area contributed by atoms with Crippen molar-refractivity contribution in [3.05, 3.63) is 41.3 Å². The summed E-state index contributed by atoms with van der Waals surface area (Å²) in [6, 6.07) is 9.45. The van der Waals surface area contributed by atoms with Crippen LogP contribution in [0.5, 0.6) is 0 Å². The van der Waals surface area contributed by atoms with Gasteiger partial charge in [-0.1, -0.05) is 18.2 Å². The minimum Gasteiger partial charge on any atom is -0.310 e. The Morgan fingerprint density at radius 1 is 1.31 bits per heavy atom. The van der Waals surface area contributed by atoms with Gasteiger partial charge in [0.15, 0.2) is 0 Å². The zero-order chi connectivity index (χ0) is 11.0. The Morgan fingerprint density at radius 2 is 2.25 bits per heavy atom. The maximum atomic E-state index is 3.45. The van der Waals surface area contributed by atoms with Crippen LogP contribution in [0.4, 0.5) is 0 Å². The molecule has 16 heavy (non-hydrogen) atoms. The highest BCUT2D eigenvalue weighted by Gasteiger charge is 2.13. The van der Waals surface area contributed by atoms with E-state index in [2.05, 4.69) is 48.0 Å². The molecular formula is C14H15NS. The highest BCUT2D eigenvalue weighted by atomic mass is 32.1. The molecule has 1 aromatic carbocycles. The molecule has 1 nitrogen and oxygen atoms in total. The molecule has 2 aromatic rings. The fraction of sp³-hybridized carbons (Fsp3) is 0.286. The molecular weight excluding hydrogens is 214 g/mol. The van der Waals surface area contributed by atoms with E-state index >= 15 is 0 Å². The molecule has 2 heteroatoms. The molecule has 82 valence electrons. The predicted octanol–water partition coefficient (Wildman–Crippen LogP) is 3.67. The second-order valence-corrected chi connectivity index (χ2v) is 5.33. The summed E-state index contributed by atoms with van der Waals surface area (Å²) in [4.78, 5) is 0. The van der Waals surface area contributed by atoms with E-state index in [9.17, 15) is 0 Å². The van der Waals surface area contributed by atoms with Crippen LogP contribution in [0.1, 0.15) is 18.9 Å². The second-order valence-electron chi connectivity index (χ2n) is 4.38. The van der Waals surface area contributed by atoms with Crippen molar-refractivity contribution >= 4 is 27.0 Å². The van der Waals surface area contributed by atoms with Gasteiger partial charge in [0.25, 0.3) is 0 Å². The van der Waals surface area contributed by atoms with E-state index in [-0.39, 0.29) is 0 Å². The molecule has 0 saturated heterocycles. The first-order valence-electron chi connectivity index (χ1n) is 5.73. The van der Waals surface area contributed by atoms with Crippen molar-refractivity contribution in [2.45, 2.75) is 19.4 Å². The molecule has 2 heterocycles. The van der Waals surface area contributed by atoms with Gasteiger partial charge in [0, 0.05) is 17.3 Å². The minimum absolute atomic E-state index is 0.592. The third-order valence-electron chi connectivity index (χ3n) is 3.18. The molecule has 1 aromatic heterocycles. The molecule has 1 aliphatic heterocycles. The van der Waals surface area contributed by atoms with Gasteiger partial charge in [0.05, 0.1) is 0 Å². The Labute approximate surface area is 99.8 Å². The van der Waals surface area contributed by atoms with Gasteiger partial charge < -0.3 is 5.32 Å². The van der Waals surface area contributed by atoms with Gasteiger partial charge >= 0.3 is 0 Å². The highest BCUT2D eigenvalue weighted by Crippen LogP contribution is 2.31. The lowest BCUT2D eigenvalue weighted by molar-refractivity contribution is 0.579. The molecule has 1 unspecified atom stereocenters. The second kappa shape index (κ2) is 4.04. The van der Waals surface area contributed by atoms with Crippen LogP contribution >= 0.6 is 11.3 Å². The first-order valence-corrected chi connectivity index (χ1v) is 6.61. The Kier molecular flexibility index (Phi) is 2.54. The van der Waals surface area contributed by atoms with Gasteiger partial charge in [-0.3, -0.25) is 0 Å². The van der Waals surface area contributed by atoms with Gasteiger partial charge in [0.1, 0.15) is 0 Å². The molecule has 0 amide bonds. The van der Waals surface area contributed by atoms with Crippen molar-refractivity contribution in [3.63, 3.8) is 0 Å². The fourth-order valence-corrected chi connectivity index (χ4v) is 3.18. The highest BCUT2D eigenvalue weighted by molar-refractivity contribution is 7.17. The van der Waals surface area contributed by atoms with Crippen LogP contribution in [0.2, 0.25) is 0 Å². The summed E-state index contributed by atoms with van der Waals surface area (Å²) in [5.41, 5.74) is 2.92. The Bertz CT molecular complexity index is 538. The van der Waals surface area contributed by atoms with Gasteiger partial charge in [-0.05, 0) is 47.4 Å². The van der Waals surface area contributed by atoms with E-state index in [1.807, 2.05) is 11.3 Å². The molecule has 1 aliphatic rings. The lowest BCUT2D eigenvalue weighted by Crippen LogP contribution is -2.29. The van der Waals surface area contributed by atoms with Crippen LogP contribution in [0, 0.1) is 0 Å². The first-order chi connectivity index (χ1) is 7.84. The van der Waals surface area contributed by atoms with Crippen molar-refractivity contribution < 1.29 is 0 Å². The van der Waals surface area contributed by atoms with Crippen LogP contribution < -0.4 is 5.32 Å². The molecule has 1 atom stereocenters. The van der Waals surface area contributed by atoms with Crippen molar-refractivity contribution in [2.24, 2.45) is 0 Å². The van der Waals surface area contributed by atoms with Crippen LogP contribution in [-0.2, 0) is 0 Å². The summed E-state index contributed by atoms with van der Waals surface area (Å²) >= 11 is 1.82. The zero-order valence-corrected chi connectivity index (χ0v) is 10.2. The summed E-state index contributed by atoms with van der Waals surface area (Å²) in [6.07, 6.45) is 3.46. The smallest absolute Gasteiger partial charge is 0.0348 e. The number of nitrogens with one attached hydrogen (secondary N) is 1. The zero-order valence-electron chi connectivity index (χ0n) is 9.36. The number of benzene rings is 1. The van der Waals surface area contributed by atoms with Gasteiger partial charge in [-0.2, -0.15) is 0 Å². The third kappa shape index (κ3) is 1.68. The minimum atomic E-state index is 0.592. The average molecular weight is 229 g/mol. The van der Waals surface area contributed by atoms with E-state index in [1.165, 1.54) is 21.2 Å². The van der Waals surface area contributed by atoms with Crippen LogP contribution in [0.3, 0.4) is 0 Å². The molecule has 0 saturated carbocycles. The quantitative estimate of drug-likeness (QED) is 0.786. The maximum absolute atomic E-state index is 3.45. The molecule has 1 N–H and O–H groups in total. The van der Waals surface area contributed by atoms with Gasteiger partial charge in [-0.25, -0.2) is 0 Å². The SMILES string of the molecule is CC1CC(c2cccc3sccc23)=CCN1. The predicted molar refractivity (Wildman–Crippen MR) is 71.9 cm³/mol. The number of rotatable bonds is 1. The number of hydrogen-bond acceptors (Lipinski definition) is 2. The van der Waals surface area contributed by atoms with E-state index in [1.54, 1.807) is 0 Å². The van der Waals surface area contributed by atoms with Crippen LogP contribution in [0.25, 0.3) is 15.7 Å². The summed E-state index contributed by atoms with van der Waals surface area (Å²) < 4.78 is 1.39. The number of hydrogen-bond donors (Lipinski definition) is 1. The Balaban J connectivity index is 2.11. The van der Waals surface area contributed by atoms with Crippen molar-refractivity contribution in [3.8, 4) is 0 Å². The monoisotopic (exact) mass is 229 g/mol. The largest absolute Gasteiger partial charge is 0.310 e. The number of thiophene rings is 1. The first kappa shape index (κ1) is 10.1. The van der Waals surface area contributed by atoms with E-state index in [0.29, 0.717) is 6.04 Å². The van der Waals surface area contributed by atoms with Gasteiger partial charge in [0.2, 0.25) is 0 Å².